The highest BCUT2D eigenvalue weighted by molar-refractivity contribution is 5.80. The van der Waals surface area contributed by atoms with E-state index in [1.165, 1.54) is 18.4 Å². The van der Waals surface area contributed by atoms with Crippen LogP contribution in [0.25, 0.3) is 0 Å². The molecule has 2 fully saturated rings. The van der Waals surface area contributed by atoms with Crippen LogP contribution in [0.2, 0.25) is 0 Å². The van der Waals surface area contributed by atoms with Crippen molar-refractivity contribution in [2.75, 3.05) is 40.0 Å². The molecule has 1 aromatic carbocycles. The summed E-state index contributed by atoms with van der Waals surface area (Å²) in [7, 11) is 1.86. The lowest BCUT2D eigenvalue weighted by molar-refractivity contribution is 0.156. The molecule has 3 rings (SSSR count). The Labute approximate surface area is 138 Å². The maximum Gasteiger partial charge on any atom is 0.193 e. The van der Waals surface area contributed by atoms with Gasteiger partial charge in [0, 0.05) is 38.7 Å². The lowest BCUT2D eigenvalue weighted by atomic mass is 9.87. The SMILES string of the molecule is CCOc1cccc(CNC(=NC)N2CCC3(CCOC3)C2)c1. The molecule has 2 saturated heterocycles. The van der Waals surface area contributed by atoms with Gasteiger partial charge in [-0.3, -0.25) is 4.99 Å². The molecule has 0 aromatic heterocycles. The predicted molar refractivity (Wildman–Crippen MR) is 91.9 cm³/mol. The average molecular weight is 317 g/mol. The van der Waals surface area contributed by atoms with Gasteiger partial charge in [0.1, 0.15) is 5.75 Å². The summed E-state index contributed by atoms with van der Waals surface area (Å²) in [5.74, 6) is 1.90. The van der Waals surface area contributed by atoms with E-state index in [1.807, 2.05) is 26.1 Å². The van der Waals surface area contributed by atoms with E-state index in [0.29, 0.717) is 12.0 Å². The maximum absolute atomic E-state index is 5.61. The number of hydrogen-bond acceptors (Lipinski definition) is 3. The number of hydrogen-bond donors (Lipinski definition) is 1. The molecule has 5 heteroatoms. The quantitative estimate of drug-likeness (QED) is 0.683. The first kappa shape index (κ1) is 16.1. The van der Waals surface area contributed by atoms with Crippen molar-refractivity contribution in [1.82, 2.24) is 10.2 Å². The fourth-order valence-corrected chi connectivity index (χ4v) is 3.51. The molecular weight excluding hydrogens is 290 g/mol. The number of guanidine groups is 1. The zero-order valence-corrected chi connectivity index (χ0v) is 14.2. The van der Waals surface area contributed by atoms with Gasteiger partial charge in [-0.05, 0) is 37.5 Å². The van der Waals surface area contributed by atoms with Gasteiger partial charge < -0.3 is 19.7 Å². The molecule has 23 heavy (non-hydrogen) atoms. The van der Waals surface area contributed by atoms with Gasteiger partial charge in [0.25, 0.3) is 0 Å². The fraction of sp³-hybridized carbons (Fsp3) is 0.611. The van der Waals surface area contributed by atoms with E-state index in [4.69, 9.17) is 9.47 Å². The summed E-state index contributed by atoms with van der Waals surface area (Å²) in [6.45, 7) is 7.36. The van der Waals surface area contributed by atoms with Crippen LogP contribution >= 0.6 is 0 Å². The zero-order chi connectivity index (χ0) is 16.1. The minimum Gasteiger partial charge on any atom is -0.494 e. The second-order valence-electron chi connectivity index (χ2n) is 6.46. The molecule has 0 saturated carbocycles. The molecule has 0 amide bonds. The molecule has 2 aliphatic rings. The van der Waals surface area contributed by atoms with Crippen LogP contribution in [0.4, 0.5) is 0 Å². The summed E-state index contributed by atoms with van der Waals surface area (Å²) in [5.41, 5.74) is 1.56. The van der Waals surface area contributed by atoms with E-state index < -0.39 is 0 Å². The number of likely N-dealkylation sites (tertiary alicyclic amines) is 1. The summed E-state index contributed by atoms with van der Waals surface area (Å²) in [6, 6.07) is 8.22. The van der Waals surface area contributed by atoms with Crippen LogP contribution in [0.15, 0.2) is 29.3 Å². The number of nitrogens with one attached hydrogen (secondary N) is 1. The van der Waals surface area contributed by atoms with E-state index in [2.05, 4.69) is 27.3 Å². The average Bonchev–Trinajstić information content (AvgIpc) is 3.19. The Balaban J connectivity index is 1.57. The first-order valence-corrected chi connectivity index (χ1v) is 8.50. The standard InChI is InChI=1S/C18H27N3O2/c1-3-23-16-6-4-5-15(11-16)12-20-17(19-2)21-9-7-18(13-21)8-10-22-14-18/h4-6,11H,3,7-10,12-14H2,1-2H3,(H,19,20). The minimum atomic E-state index is 0.354. The van der Waals surface area contributed by atoms with Gasteiger partial charge in [-0.1, -0.05) is 12.1 Å². The molecule has 0 radical (unpaired) electrons. The third-order valence-corrected chi connectivity index (χ3v) is 4.79. The highest BCUT2D eigenvalue weighted by Gasteiger charge is 2.42. The van der Waals surface area contributed by atoms with Gasteiger partial charge in [0.05, 0.1) is 13.2 Å². The summed E-state index contributed by atoms with van der Waals surface area (Å²) in [4.78, 5) is 6.82. The van der Waals surface area contributed by atoms with Crippen LogP contribution in [0.1, 0.15) is 25.3 Å². The van der Waals surface area contributed by atoms with Gasteiger partial charge in [0.15, 0.2) is 5.96 Å². The highest BCUT2D eigenvalue weighted by atomic mass is 16.5. The summed E-state index contributed by atoms with van der Waals surface area (Å²) < 4.78 is 11.2. The van der Waals surface area contributed by atoms with Gasteiger partial charge in [-0.15, -0.1) is 0 Å². The molecule has 2 heterocycles. The molecule has 1 N–H and O–H groups in total. The van der Waals surface area contributed by atoms with Crippen molar-refractivity contribution in [1.29, 1.82) is 0 Å². The summed E-state index contributed by atoms with van der Waals surface area (Å²) in [6.07, 6.45) is 2.38. The number of aliphatic imine (C=N–C) groups is 1. The van der Waals surface area contributed by atoms with Crippen molar-refractivity contribution in [3.8, 4) is 5.75 Å². The van der Waals surface area contributed by atoms with Crippen LogP contribution in [0.5, 0.6) is 5.75 Å². The molecular formula is C18H27N3O2. The molecule has 1 spiro atoms. The Kier molecular flexibility index (Phi) is 5.06. The Morgan fingerprint density at radius 2 is 2.35 bits per heavy atom. The van der Waals surface area contributed by atoms with Crippen molar-refractivity contribution in [2.24, 2.45) is 10.4 Å². The Hall–Kier alpha value is -1.75. The molecule has 5 nitrogen and oxygen atoms in total. The monoisotopic (exact) mass is 317 g/mol. The fourth-order valence-electron chi connectivity index (χ4n) is 3.51. The van der Waals surface area contributed by atoms with E-state index >= 15 is 0 Å². The third kappa shape index (κ3) is 3.78. The zero-order valence-electron chi connectivity index (χ0n) is 14.2. The summed E-state index contributed by atoms with van der Waals surface area (Å²) >= 11 is 0. The first-order valence-electron chi connectivity index (χ1n) is 8.50. The van der Waals surface area contributed by atoms with Gasteiger partial charge in [-0.2, -0.15) is 0 Å². The molecule has 0 bridgehead atoms. The molecule has 126 valence electrons. The van der Waals surface area contributed by atoms with Crippen LogP contribution in [0, 0.1) is 5.41 Å². The number of benzene rings is 1. The largest absolute Gasteiger partial charge is 0.494 e. The van der Waals surface area contributed by atoms with E-state index in [1.54, 1.807) is 0 Å². The van der Waals surface area contributed by atoms with Crippen molar-refractivity contribution < 1.29 is 9.47 Å². The van der Waals surface area contributed by atoms with Crippen molar-refractivity contribution in [2.45, 2.75) is 26.3 Å². The first-order chi connectivity index (χ1) is 11.2. The van der Waals surface area contributed by atoms with Crippen molar-refractivity contribution in [3.63, 3.8) is 0 Å². The number of nitrogens with zero attached hydrogens (tertiary/aromatic N) is 2. The highest BCUT2D eigenvalue weighted by Crippen LogP contribution is 2.38. The topological polar surface area (TPSA) is 46.1 Å². The predicted octanol–water partition coefficient (Wildman–Crippen LogP) is 2.27. The Bertz CT molecular complexity index is 553. The van der Waals surface area contributed by atoms with Crippen LogP contribution < -0.4 is 10.1 Å². The van der Waals surface area contributed by atoms with Gasteiger partial charge in [0.2, 0.25) is 0 Å². The lowest BCUT2D eigenvalue weighted by Gasteiger charge is -2.25. The number of rotatable bonds is 4. The van der Waals surface area contributed by atoms with E-state index in [0.717, 1.165) is 44.6 Å². The van der Waals surface area contributed by atoms with Gasteiger partial charge in [-0.25, -0.2) is 0 Å². The normalized spacial score (nSPS) is 24.4. The Morgan fingerprint density at radius 3 is 3.09 bits per heavy atom. The van der Waals surface area contributed by atoms with Crippen LogP contribution in [0.3, 0.4) is 0 Å². The van der Waals surface area contributed by atoms with E-state index in [9.17, 15) is 0 Å². The molecule has 0 aliphatic carbocycles. The van der Waals surface area contributed by atoms with E-state index in [-0.39, 0.29) is 0 Å². The Morgan fingerprint density at radius 1 is 1.43 bits per heavy atom. The number of ether oxygens (including phenoxy) is 2. The second kappa shape index (κ2) is 7.21. The smallest absolute Gasteiger partial charge is 0.193 e. The maximum atomic E-state index is 5.61. The van der Waals surface area contributed by atoms with Crippen molar-refractivity contribution >= 4 is 5.96 Å². The van der Waals surface area contributed by atoms with Crippen molar-refractivity contribution in [3.05, 3.63) is 29.8 Å². The molecule has 2 aliphatic heterocycles. The third-order valence-electron chi connectivity index (χ3n) is 4.79. The van der Waals surface area contributed by atoms with Gasteiger partial charge >= 0.3 is 0 Å². The lowest BCUT2D eigenvalue weighted by Crippen LogP contribution is -2.41. The van der Waals surface area contributed by atoms with Crippen LogP contribution in [-0.4, -0.2) is 50.8 Å². The minimum absolute atomic E-state index is 0.354. The molecule has 1 atom stereocenters. The second-order valence-corrected chi connectivity index (χ2v) is 6.46. The molecule has 1 aromatic rings. The van der Waals surface area contributed by atoms with Crippen LogP contribution in [-0.2, 0) is 11.3 Å². The summed E-state index contributed by atoms with van der Waals surface area (Å²) in [5, 5.41) is 3.48. The molecule has 1 unspecified atom stereocenters.